The first-order chi connectivity index (χ1) is 15.5. The average Bonchev–Trinajstić information content (AvgIpc) is 3.47. The summed E-state index contributed by atoms with van der Waals surface area (Å²) in [7, 11) is 0. The second-order valence-electron chi connectivity index (χ2n) is 8.25. The molecule has 0 bridgehead atoms. The number of nitrogens with one attached hydrogen (secondary N) is 1. The van der Waals surface area contributed by atoms with Crippen molar-refractivity contribution >= 4 is 28.8 Å². The van der Waals surface area contributed by atoms with E-state index in [9.17, 15) is 14.0 Å². The van der Waals surface area contributed by atoms with Crippen LogP contribution in [0.25, 0.3) is 0 Å². The maximum atomic E-state index is 14.2. The number of hydrogen-bond donors (Lipinski definition) is 1. The van der Waals surface area contributed by atoms with Crippen molar-refractivity contribution in [3.8, 4) is 0 Å². The summed E-state index contributed by atoms with van der Waals surface area (Å²) in [6, 6.07) is 16.5. The van der Waals surface area contributed by atoms with Crippen LogP contribution in [0.4, 0.5) is 10.1 Å². The predicted octanol–water partition coefficient (Wildman–Crippen LogP) is 5.57. The van der Waals surface area contributed by atoms with Crippen molar-refractivity contribution in [3.63, 3.8) is 0 Å². The van der Waals surface area contributed by atoms with Crippen molar-refractivity contribution in [2.75, 3.05) is 4.90 Å². The van der Waals surface area contributed by atoms with E-state index in [0.717, 1.165) is 41.7 Å². The molecule has 1 heterocycles. The Balaban J connectivity index is 1.78. The van der Waals surface area contributed by atoms with E-state index in [-0.39, 0.29) is 24.3 Å². The summed E-state index contributed by atoms with van der Waals surface area (Å²) >= 11 is 1.49. The van der Waals surface area contributed by atoms with Gasteiger partial charge in [-0.2, -0.15) is 0 Å². The van der Waals surface area contributed by atoms with E-state index in [1.165, 1.54) is 28.4 Å². The lowest BCUT2D eigenvalue weighted by atomic mass is 9.97. The maximum absolute atomic E-state index is 14.2. The third-order valence-corrected chi connectivity index (χ3v) is 6.83. The number of hydrogen-bond acceptors (Lipinski definition) is 3. The second kappa shape index (κ2) is 10.1. The van der Waals surface area contributed by atoms with Gasteiger partial charge in [-0.05, 0) is 60.5 Å². The lowest BCUT2D eigenvalue weighted by Gasteiger charge is -2.33. The highest BCUT2D eigenvalue weighted by molar-refractivity contribution is 7.10. The van der Waals surface area contributed by atoms with Crippen LogP contribution >= 0.6 is 11.3 Å². The van der Waals surface area contributed by atoms with Gasteiger partial charge in [0.1, 0.15) is 11.9 Å². The summed E-state index contributed by atoms with van der Waals surface area (Å²) in [6.45, 7) is 1.93. The standard InChI is InChI=1S/C26H27FN2O2S/c1-18-8-2-5-14-23(18)25(26(31)28-20-10-3-4-11-20)29(21-12-6-9-19(27)16-21)24(30)17-22-13-7-15-32-22/h2,5-9,12-16,20,25H,3-4,10-11,17H2,1H3,(H,28,31)/t25-/m0/s1. The molecule has 166 valence electrons. The fraction of sp³-hybridized carbons (Fsp3) is 0.308. The van der Waals surface area contributed by atoms with Crippen molar-refractivity contribution in [2.45, 2.75) is 51.1 Å². The molecule has 0 radical (unpaired) electrons. The Hall–Kier alpha value is -2.99. The number of nitrogens with zero attached hydrogens (tertiary/aromatic N) is 1. The zero-order chi connectivity index (χ0) is 22.5. The first-order valence-electron chi connectivity index (χ1n) is 11.0. The van der Waals surface area contributed by atoms with Gasteiger partial charge in [-0.25, -0.2) is 4.39 Å². The Morgan fingerprint density at radius 2 is 1.88 bits per heavy atom. The molecule has 0 spiro atoms. The van der Waals surface area contributed by atoms with Gasteiger partial charge in [0, 0.05) is 16.6 Å². The van der Waals surface area contributed by atoms with Gasteiger partial charge < -0.3 is 5.32 Å². The molecule has 1 aromatic heterocycles. The number of benzene rings is 2. The molecular weight excluding hydrogens is 423 g/mol. The molecule has 1 N–H and O–H groups in total. The van der Waals surface area contributed by atoms with Crippen LogP contribution in [0.2, 0.25) is 0 Å². The van der Waals surface area contributed by atoms with Gasteiger partial charge in [-0.3, -0.25) is 14.5 Å². The Kier molecular flexibility index (Phi) is 7.00. The first kappa shape index (κ1) is 22.2. The minimum Gasteiger partial charge on any atom is -0.351 e. The quantitative estimate of drug-likeness (QED) is 0.511. The summed E-state index contributed by atoms with van der Waals surface area (Å²) in [5.74, 6) is -0.918. The zero-order valence-corrected chi connectivity index (χ0v) is 18.9. The highest BCUT2D eigenvalue weighted by Gasteiger charge is 2.35. The normalized spacial score (nSPS) is 14.8. The van der Waals surface area contributed by atoms with Gasteiger partial charge >= 0.3 is 0 Å². The van der Waals surface area contributed by atoms with E-state index in [1.807, 2.05) is 48.7 Å². The van der Waals surface area contributed by atoms with E-state index in [4.69, 9.17) is 0 Å². The third kappa shape index (κ3) is 5.07. The molecule has 1 aliphatic rings. The third-order valence-electron chi connectivity index (χ3n) is 5.95. The van der Waals surface area contributed by atoms with Gasteiger partial charge in [0.15, 0.2) is 0 Å². The predicted molar refractivity (Wildman–Crippen MR) is 126 cm³/mol. The summed E-state index contributed by atoms with van der Waals surface area (Å²) in [6.07, 6.45) is 4.20. The van der Waals surface area contributed by atoms with Gasteiger partial charge in [0.25, 0.3) is 0 Å². The Bertz CT molecular complexity index is 1080. The molecule has 0 aliphatic heterocycles. The van der Waals surface area contributed by atoms with Crippen LogP contribution in [0, 0.1) is 12.7 Å². The van der Waals surface area contributed by atoms with Gasteiger partial charge in [-0.15, -0.1) is 11.3 Å². The lowest BCUT2D eigenvalue weighted by molar-refractivity contribution is -0.127. The van der Waals surface area contributed by atoms with Crippen molar-refractivity contribution in [1.82, 2.24) is 5.32 Å². The first-order valence-corrected chi connectivity index (χ1v) is 11.9. The molecule has 1 aliphatic carbocycles. The number of carbonyl (C=O) groups is 2. The minimum absolute atomic E-state index is 0.107. The van der Waals surface area contributed by atoms with Gasteiger partial charge in [0.2, 0.25) is 11.8 Å². The lowest BCUT2D eigenvalue weighted by Crippen LogP contribution is -2.47. The second-order valence-corrected chi connectivity index (χ2v) is 9.28. The van der Waals surface area contributed by atoms with Crippen molar-refractivity contribution < 1.29 is 14.0 Å². The maximum Gasteiger partial charge on any atom is 0.248 e. The minimum atomic E-state index is -0.883. The molecule has 4 rings (SSSR count). The van der Waals surface area contributed by atoms with Crippen molar-refractivity contribution in [2.24, 2.45) is 0 Å². The number of aryl methyl sites for hydroxylation is 1. The highest BCUT2D eigenvalue weighted by atomic mass is 32.1. The van der Waals surface area contributed by atoms with E-state index in [2.05, 4.69) is 5.32 Å². The van der Waals surface area contributed by atoms with Crippen molar-refractivity contribution in [3.05, 3.63) is 87.9 Å². The fourth-order valence-electron chi connectivity index (χ4n) is 4.35. The molecular formula is C26H27FN2O2S. The number of rotatable bonds is 7. The molecule has 2 aromatic carbocycles. The van der Waals surface area contributed by atoms with Crippen LogP contribution in [-0.4, -0.2) is 17.9 Å². The largest absolute Gasteiger partial charge is 0.351 e. The Morgan fingerprint density at radius 1 is 1.09 bits per heavy atom. The van der Waals surface area contributed by atoms with Crippen LogP contribution in [0.15, 0.2) is 66.0 Å². The fourth-order valence-corrected chi connectivity index (χ4v) is 5.05. The van der Waals surface area contributed by atoms with Gasteiger partial charge in [-0.1, -0.05) is 49.2 Å². The SMILES string of the molecule is Cc1ccccc1[C@@H](C(=O)NC1CCCC1)N(C(=O)Cc1cccs1)c1cccc(F)c1. The Labute approximate surface area is 192 Å². The zero-order valence-electron chi connectivity index (χ0n) is 18.1. The van der Waals surface area contributed by atoms with Crippen LogP contribution in [0.3, 0.4) is 0 Å². The smallest absolute Gasteiger partial charge is 0.248 e. The number of amides is 2. The van der Waals surface area contributed by atoms with E-state index in [0.29, 0.717) is 5.69 Å². The molecule has 0 unspecified atom stereocenters. The van der Waals surface area contributed by atoms with E-state index < -0.39 is 11.9 Å². The van der Waals surface area contributed by atoms with E-state index >= 15 is 0 Å². The molecule has 32 heavy (non-hydrogen) atoms. The molecule has 1 fully saturated rings. The van der Waals surface area contributed by atoms with Crippen molar-refractivity contribution in [1.29, 1.82) is 0 Å². The number of thiophene rings is 1. The summed E-state index contributed by atoms with van der Waals surface area (Å²) in [5, 5.41) is 5.08. The van der Waals surface area contributed by atoms with E-state index in [1.54, 1.807) is 12.1 Å². The Morgan fingerprint density at radius 3 is 2.56 bits per heavy atom. The molecule has 1 atom stereocenters. The van der Waals surface area contributed by atoms with Crippen LogP contribution in [0.1, 0.15) is 47.7 Å². The summed E-state index contributed by atoms with van der Waals surface area (Å²) < 4.78 is 14.2. The number of halogens is 1. The molecule has 6 heteroatoms. The molecule has 3 aromatic rings. The molecule has 0 saturated heterocycles. The number of anilines is 1. The molecule has 4 nitrogen and oxygen atoms in total. The molecule has 1 saturated carbocycles. The number of carbonyl (C=O) groups excluding carboxylic acids is 2. The van der Waals surface area contributed by atoms with Crippen LogP contribution in [0.5, 0.6) is 0 Å². The van der Waals surface area contributed by atoms with Crippen LogP contribution < -0.4 is 10.2 Å². The van der Waals surface area contributed by atoms with Gasteiger partial charge in [0.05, 0.1) is 6.42 Å². The molecule has 2 amide bonds. The monoisotopic (exact) mass is 450 g/mol. The summed E-state index contributed by atoms with van der Waals surface area (Å²) in [4.78, 5) is 29.6. The summed E-state index contributed by atoms with van der Waals surface area (Å²) in [5.41, 5.74) is 2.03. The average molecular weight is 451 g/mol. The topological polar surface area (TPSA) is 49.4 Å². The van der Waals surface area contributed by atoms with Crippen LogP contribution in [-0.2, 0) is 16.0 Å². The highest BCUT2D eigenvalue weighted by Crippen LogP contribution is 2.32.